The lowest BCUT2D eigenvalue weighted by Crippen LogP contribution is -2.35. The molecule has 0 bridgehead atoms. The summed E-state index contributed by atoms with van der Waals surface area (Å²) in [6.45, 7) is 0.872. The monoisotopic (exact) mass is 326 g/mol. The first-order valence-corrected chi connectivity index (χ1v) is 7.85. The van der Waals surface area contributed by atoms with Crippen molar-refractivity contribution in [3.8, 4) is 11.5 Å². The molecule has 2 aliphatic heterocycles. The topological polar surface area (TPSA) is 76.6 Å². The van der Waals surface area contributed by atoms with Gasteiger partial charge in [-0.3, -0.25) is 4.79 Å². The van der Waals surface area contributed by atoms with Crippen LogP contribution in [0.2, 0.25) is 0 Å². The van der Waals surface area contributed by atoms with Crippen molar-refractivity contribution in [1.29, 1.82) is 0 Å². The van der Waals surface area contributed by atoms with Gasteiger partial charge >= 0.3 is 0 Å². The van der Waals surface area contributed by atoms with Gasteiger partial charge in [-0.05, 0) is 24.1 Å². The van der Waals surface area contributed by atoms with E-state index in [1.54, 1.807) is 0 Å². The fourth-order valence-electron chi connectivity index (χ4n) is 3.00. The molecule has 0 radical (unpaired) electrons. The summed E-state index contributed by atoms with van der Waals surface area (Å²) >= 11 is 0. The van der Waals surface area contributed by atoms with E-state index >= 15 is 0 Å². The predicted molar refractivity (Wildman–Crippen MR) is 87.8 cm³/mol. The van der Waals surface area contributed by atoms with Crippen molar-refractivity contribution in [2.45, 2.75) is 12.8 Å². The smallest absolute Gasteiger partial charge is 0.270 e. The number of aromatic nitrogens is 2. The van der Waals surface area contributed by atoms with Gasteiger partial charge in [0.15, 0.2) is 11.5 Å². The van der Waals surface area contributed by atoms with Gasteiger partial charge in [0.05, 0.1) is 0 Å². The third-order valence-corrected chi connectivity index (χ3v) is 4.13. The van der Waals surface area contributed by atoms with Crippen molar-refractivity contribution in [1.82, 2.24) is 15.3 Å². The molecule has 0 aliphatic carbocycles. The van der Waals surface area contributed by atoms with E-state index in [4.69, 9.17) is 9.47 Å². The second kappa shape index (κ2) is 5.67. The molecule has 0 saturated carbocycles. The van der Waals surface area contributed by atoms with Gasteiger partial charge in [0, 0.05) is 32.6 Å². The molecule has 7 nitrogen and oxygen atoms in total. The Morgan fingerprint density at radius 1 is 1.21 bits per heavy atom. The number of ether oxygens (including phenoxy) is 2. The number of rotatable bonds is 3. The molecule has 0 spiro atoms. The minimum absolute atomic E-state index is 0.131. The SMILES string of the molecule is CN(C)c1nc(Cc2ccc3c(c2)OCO3)nc2c1CCNC2=O. The van der Waals surface area contributed by atoms with E-state index in [2.05, 4.69) is 15.3 Å². The fourth-order valence-corrected chi connectivity index (χ4v) is 3.00. The first-order valence-electron chi connectivity index (χ1n) is 7.85. The maximum atomic E-state index is 12.2. The van der Waals surface area contributed by atoms with Crippen LogP contribution in [0.5, 0.6) is 11.5 Å². The lowest BCUT2D eigenvalue weighted by Gasteiger charge is -2.23. The standard InChI is InChI=1S/C17H18N4O3/c1-21(2)16-11-5-6-18-17(22)15(11)19-14(20-16)8-10-3-4-12-13(7-10)24-9-23-12/h3-4,7H,5-6,8-9H2,1-2H3,(H,18,22). The second-order valence-corrected chi connectivity index (χ2v) is 6.06. The van der Waals surface area contributed by atoms with E-state index in [1.165, 1.54) is 0 Å². The highest BCUT2D eigenvalue weighted by Gasteiger charge is 2.24. The number of carbonyl (C=O) groups is 1. The van der Waals surface area contributed by atoms with Gasteiger partial charge in [-0.1, -0.05) is 6.07 Å². The average molecular weight is 326 g/mol. The number of hydrogen-bond acceptors (Lipinski definition) is 6. The molecule has 7 heteroatoms. The Kier molecular flexibility index (Phi) is 3.48. The Labute approximate surface area is 139 Å². The zero-order valence-electron chi connectivity index (χ0n) is 13.6. The fraction of sp³-hybridized carbons (Fsp3) is 0.353. The van der Waals surface area contributed by atoms with Gasteiger partial charge in [-0.15, -0.1) is 0 Å². The highest BCUT2D eigenvalue weighted by molar-refractivity contribution is 5.96. The Morgan fingerprint density at radius 3 is 2.88 bits per heavy atom. The van der Waals surface area contributed by atoms with Crippen LogP contribution in [-0.2, 0) is 12.8 Å². The van der Waals surface area contributed by atoms with Gasteiger partial charge < -0.3 is 19.7 Å². The molecule has 0 fully saturated rings. The predicted octanol–water partition coefficient (Wildman–Crippen LogP) is 1.15. The first-order chi connectivity index (χ1) is 11.6. The van der Waals surface area contributed by atoms with Crippen molar-refractivity contribution in [3.63, 3.8) is 0 Å². The highest BCUT2D eigenvalue weighted by Crippen LogP contribution is 2.33. The molecule has 0 atom stereocenters. The number of anilines is 1. The van der Waals surface area contributed by atoms with Crippen molar-refractivity contribution in [3.05, 3.63) is 40.8 Å². The molecule has 124 valence electrons. The Bertz CT molecular complexity index is 820. The van der Waals surface area contributed by atoms with Crippen LogP contribution in [0.15, 0.2) is 18.2 Å². The van der Waals surface area contributed by atoms with Crippen molar-refractivity contribution in [2.75, 3.05) is 32.3 Å². The number of benzene rings is 1. The Balaban J connectivity index is 1.71. The lowest BCUT2D eigenvalue weighted by molar-refractivity contribution is 0.0940. The molecule has 2 aliphatic rings. The van der Waals surface area contributed by atoms with Crippen LogP contribution in [0.4, 0.5) is 5.82 Å². The van der Waals surface area contributed by atoms with E-state index in [0.29, 0.717) is 24.5 Å². The molecule has 1 amide bonds. The zero-order chi connectivity index (χ0) is 16.7. The molecule has 3 heterocycles. The number of carbonyl (C=O) groups excluding carboxylic acids is 1. The largest absolute Gasteiger partial charge is 0.454 e. The number of nitrogens with zero attached hydrogens (tertiary/aromatic N) is 3. The van der Waals surface area contributed by atoms with Gasteiger partial charge in [0.2, 0.25) is 6.79 Å². The van der Waals surface area contributed by atoms with Crippen molar-refractivity contribution in [2.24, 2.45) is 0 Å². The summed E-state index contributed by atoms with van der Waals surface area (Å²) in [5, 5.41) is 2.85. The second-order valence-electron chi connectivity index (χ2n) is 6.06. The van der Waals surface area contributed by atoms with Gasteiger partial charge in [-0.2, -0.15) is 0 Å². The summed E-state index contributed by atoms with van der Waals surface area (Å²) in [7, 11) is 3.86. The van der Waals surface area contributed by atoms with Crippen LogP contribution in [0.1, 0.15) is 27.4 Å². The quantitative estimate of drug-likeness (QED) is 0.912. The molecule has 4 rings (SSSR count). The molecule has 1 aromatic carbocycles. The van der Waals surface area contributed by atoms with Crippen LogP contribution in [0.3, 0.4) is 0 Å². The summed E-state index contributed by atoms with van der Waals surface area (Å²) in [6.07, 6.45) is 1.27. The van der Waals surface area contributed by atoms with Crippen LogP contribution < -0.4 is 19.7 Å². The molecular weight excluding hydrogens is 308 g/mol. The molecule has 2 aromatic rings. The van der Waals surface area contributed by atoms with Crippen LogP contribution in [-0.4, -0.2) is 43.3 Å². The van der Waals surface area contributed by atoms with E-state index in [0.717, 1.165) is 34.9 Å². The Morgan fingerprint density at radius 2 is 2.04 bits per heavy atom. The third kappa shape index (κ3) is 2.51. The molecule has 1 N–H and O–H groups in total. The normalized spacial score (nSPS) is 15.0. The van der Waals surface area contributed by atoms with E-state index in [1.807, 2.05) is 37.2 Å². The number of nitrogens with one attached hydrogen (secondary N) is 1. The molecule has 24 heavy (non-hydrogen) atoms. The molecule has 1 aromatic heterocycles. The van der Waals surface area contributed by atoms with Crippen molar-refractivity contribution >= 4 is 11.7 Å². The van der Waals surface area contributed by atoms with Crippen LogP contribution in [0, 0.1) is 0 Å². The molecular formula is C17H18N4O3. The van der Waals surface area contributed by atoms with Crippen LogP contribution >= 0.6 is 0 Å². The summed E-state index contributed by atoms with van der Waals surface area (Å²) in [5.74, 6) is 2.78. The lowest BCUT2D eigenvalue weighted by atomic mass is 10.1. The minimum Gasteiger partial charge on any atom is -0.454 e. The highest BCUT2D eigenvalue weighted by atomic mass is 16.7. The van der Waals surface area contributed by atoms with Crippen molar-refractivity contribution < 1.29 is 14.3 Å². The first kappa shape index (κ1) is 14.7. The van der Waals surface area contributed by atoms with E-state index < -0.39 is 0 Å². The zero-order valence-corrected chi connectivity index (χ0v) is 13.6. The molecule has 0 unspecified atom stereocenters. The number of amides is 1. The van der Waals surface area contributed by atoms with E-state index in [9.17, 15) is 4.79 Å². The Hall–Kier alpha value is -2.83. The maximum absolute atomic E-state index is 12.2. The van der Waals surface area contributed by atoms with Gasteiger partial charge in [-0.25, -0.2) is 9.97 Å². The summed E-state index contributed by atoms with van der Waals surface area (Å²) < 4.78 is 10.7. The summed E-state index contributed by atoms with van der Waals surface area (Å²) in [4.78, 5) is 23.3. The van der Waals surface area contributed by atoms with E-state index in [-0.39, 0.29) is 12.7 Å². The summed E-state index contributed by atoms with van der Waals surface area (Å²) in [5.41, 5.74) is 2.41. The third-order valence-electron chi connectivity index (χ3n) is 4.13. The van der Waals surface area contributed by atoms with Crippen LogP contribution in [0.25, 0.3) is 0 Å². The average Bonchev–Trinajstić information content (AvgIpc) is 3.02. The van der Waals surface area contributed by atoms with Gasteiger partial charge in [0.1, 0.15) is 17.3 Å². The minimum atomic E-state index is -0.131. The molecule has 0 saturated heterocycles. The number of fused-ring (bicyclic) bond motifs is 2. The number of hydrogen-bond donors (Lipinski definition) is 1. The maximum Gasteiger partial charge on any atom is 0.270 e. The summed E-state index contributed by atoms with van der Waals surface area (Å²) in [6, 6.07) is 5.78. The van der Waals surface area contributed by atoms with Gasteiger partial charge in [0.25, 0.3) is 5.91 Å².